The monoisotopic (exact) mass is 1850 g/mol. The van der Waals surface area contributed by atoms with Crippen molar-refractivity contribution in [2.45, 2.75) is 121 Å². The molecule has 129 heavy (non-hydrogen) atoms. The normalized spacial score (nSPS) is 14.7. The van der Waals surface area contributed by atoms with Crippen LogP contribution in [0.5, 0.6) is 0 Å². The second-order valence-electron chi connectivity index (χ2n) is 31.9. The van der Waals surface area contributed by atoms with Gasteiger partial charge in [0.15, 0.2) is 0 Å². The number of nitrogens with zero attached hydrogens (tertiary/aromatic N) is 19. The molecule has 6 saturated heterocycles. The Labute approximate surface area is 756 Å². The number of carbonyl (C=O) groups is 7. The van der Waals surface area contributed by atoms with Crippen molar-refractivity contribution in [2.24, 2.45) is 49.6 Å². The van der Waals surface area contributed by atoms with Crippen LogP contribution in [-0.4, -0.2) is 240 Å². The molecule has 0 saturated carbocycles. The Morgan fingerprint density at radius 2 is 0.907 bits per heavy atom. The van der Waals surface area contributed by atoms with Gasteiger partial charge in [-0.1, -0.05) is 34.6 Å². The molecule has 6 aliphatic rings. The maximum atomic E-state index is 11.8. The summed E-state index contributed by atoms with van der Waals surface area (Å²) in [6.45, 7) is 31.5. The van der Waals surface area contributed by atoms with Crippen LogP contribution in [0.1, 0.15) is 111 Å². The zero-order valence-electron chi connectivity index (χ0n) is 75.9. The number of halogens is 1. The summed E-state index contributed by atoms with van der Waals surface area (Å²) < 4.78 is 34.2. The predicted octanol–water partition coefficient (Wildman–Crippen LogP) is 10.8. The smallest absolute Gasteiger partial charge is 0.410 e. The minimum absolute atomic E-state index is 0.0191. The first-order valence-electron chi connectivity index (χ1n) is 43.0. The van der Waals surface area contributed by atoms with Crippen LogP contribution in [-0.2, 0) is 103 Å². The van der Waals surface area contributed by atoms with Crippen molar-refractivity contribution in [1.29, 1.82) is 0 Å². The quantitative estimate of drug-likeness (QED) is 0.0136. The lowest BCUT2D eigenvalue weighted by Gasteiger charge is -2.38. The predicted molar refractivity (Wildman–Crippen MR) is 489 cm³/mol. The lowest BCUT2D eigenvalue weighted by Crippen LogP contribution is -2.54. The van der Waals surface area contributed by atoms with Crippen molar-refractivity contribution >= 4 is 143 Å². The summed E-state index contributed by atoms with van der Waals surface area (Å²) in [6.07, 6.45) is 18.5. The first-order chi connectivity index (χ1) is 61.6. The lowest BCUT2D eigenvalue weighted by atomic mass is 10.00. The van der Waals surface area contributed by atoms with Crippen LogP contribution < -0.4 is 40.9 Å². The summed E-state index contributed by atoms with van der Waals surface area (Å²) in [5.74, 6) is 2.89. The number of hydrogen-bond donors (Lipinski definition) is 4. The average Bonchev–Trinajstić information content (AvgIpc) is 1.77. The summed E-state index contributed by atoms with van der Waals surface area (Å²) in [7, 11) is 7.36. The Morgan fingerprint density at radius 1 is 0.504 bits per heavy atom. The number of hydrogen-bond acceptors (Lipinski definition) is 34. The minimum atomic E-state index is -0.857. The number of rotatable bonds is 25. The van der Waals surface area contributed by atoms with Gasteiger partial charge in [0, 0.05) is 123 Å². The van der Waals surface area contributed by atoms with Gasteiger partial charge in [0.25, 0.3) is 11.4 Å². The van der Waals surface area contributed by atoms with E-state index >= 15 is 0 Å². The van der Waals surface area contributed by atoms with Crippen molar-refractivity contribution in [3.63, 3.8) is 0 Å². The van der Waals surface area contributed by atoms with Crippen molar-refractivity contribution in [3.8, 4) is 0 Å². The van der Waals surface area contributed by atoms with E-state index < -0.39 is 33.4 Å². The minimum Gasteiger partial charge on any atom is -0.481 e. The van der Waals surface area contributed by atoms with Gasteiger partial charge in [0.1, 0.15) is 68.5 Å². The zero-order chi connectivity index (χ0) is 94.1. The number of nitrogens with one attached hydrogen (secondary N) is 2. The standard InChI is InChI=1S/2C20H24N6O2.C13H17N3O4.C13H19N3O2.C9H15NO4.C7H7BrN2O2.C6H11NO2/c1-5-13-6-19(26-10-14(11-26)20(27)28-4)22-9-17(13)25(3)18-7-16-15(8-21-18)23-12-24(16)2;1-4-13-6-19(26-10-14(11-26)20(27)28-5-2)22-8-15(13)24-18-7-17-16(9-21-18)23-12-25(17)3;1-3-9-5-12(14-6-11(9)16(18)19)15-7-10(8-15)13(17)20-4-2;1-3-9-5-12(15-6-11(9)14)16-7-10(8-16)13(17)18-4-2;1-9(2,3)14-8(13)10-4-6(5-10)7(11)12;1-2-5-3-7(8)9-4-6(5)10(11)12;1-2-9-6(8)5-3-7-4-5/h6-9,12,14H,5,10-11H2,1-4H3;6-9,12,14H,4-5,10-11H2,1-3H3,(H,21,24);5-6,10H,3-4,7-8H2,1-2H3;5-6,10H,3-4,7-8,14H2,1-2H3;6H,4-5H2,1-3H3,(H,11,12);3-4H,2H2,1H3;5,7H,2-4H2,1H3. The number of esters is 5. The number of carboxylic acids is 1. The number of aryl methyl sites for hydroxylation is 7. The number of carboxylic acid groups (broad SMARTS) is 1. The van der Waals surface area contributed by atoms with Gasteiger partial charge in [0.05, 0.1) is 151 Å². The third-order valence-electron chi connectivity index (χ3n) is 21.8. The van der Waals surface area contributed by atoms with Gasteiger partial charge in [-0.15, -0.1) is 0 Å². The Balaban J connectivity index is 0.000000175. The molecule has 0 aromatic carbocycles. The number of anilines is 9. The highest BCUT2D eigenvalue weighted by Gasteiger charge is 2.41. The van der Waals surface area contributed by atoms with Crippen LogP contribution in [0.3, 0.4) is 0 Å². The number of nitro groups is 2. The Bertz CT molecular complexity index is 5390. The largest absolute Gasteiger partial charge is 0.481 e. The topological polar surface area (TPSA) is 477 Å². The van der Waals surface area contributed by atoms with Crippen molar-refractivity contribution < 1.29 is 76.9 Å². The highest BCUT2D eigenvalue weighted by molar-refractivity contribution is 9.10. The Morgan fingerprint density at radius 3 is 1.34 bits per heavy atom. The molecule has 5 N–H and O–H groups in total. The maximum Gasteiger partial charge on any atom is 0.410 e. The van der Waals surface area contributed by atoms with Gasteiger partial charge in [0.2, 0.25) is 0 Å². The van der Waals surface area contributed by atoms with E-state index in [1.807, 2.05) is 100 Å². The molecule has 6 fully saturated rings. The van der Waals surface area contributed by atoms with Crippen LogP contribution in [0.4, 0.5) is 68.1 Å². The molecule has 1 amide bonds. The summed E-state index contributed by atoms with van der Waals surface area (Å²) in [5, 5.41) is 36.2. The third-order valence-corrected chi connectivity index (χ3v) is 22.2. The van der Waals surface area contributed by atoms with Gasteiger partial charge in [-0.05, 0) is 144 Å². The highest BCUT2D eigenvalue weighted by atomic mass is 79.9. The molecule has 15 rings (SSSR count). The van der Waals surface area contributed by atoms with E-state index in [-0.39, 0.29) is 83.9 Å². The number of methoxy groups -OCH3 is 1. The van der Waals surface area contributed by atoms with E-state index in [2.05, 4.69) is 124 Å². The highest BCUT2D eigenvalue weighted by Crippen LogP contribution is 2.36. The van der Waals surface area contributed by atoms with Crippen LogP contribution in [0, 0.1) is 55.7 Å². The van der Waals surface area contributed by atoms with Gasteiger partial charge in [-0.2, -0.15) is 0 Å². The lowest BCUT2D eigenvalue weighted by molar-refractivity contribution is -0.386. The molecule has 0 aliphatic carbocycles. The number of carbonyl (C=O) groups excluding carboxylic acids is 6. The number of ether oxygens (including phenoxy) is 6. The van der Waals surface area contributed by atoms with Crippen molar-refractivity contribution in [1.82, 2.24) is 64.2 Å². The van der Waals surface area contributed by atoms with Gasteiger partial charge >= 0.3 is 41.9 Å². The van der Waals surface area contributed by atoms with E-state index in [9.17, 15) is 53.8 Å². The van der Waals surface area contributed by atoms with Crippen molar-refractivity contribution in [2.75, 3.05) is 155 Å². The molecule has 9 aromatic heterocycles. The number of aromatic nitrogens is 11. The molecule has 0 atom stereocenters. The van der Waals surface area contributed by atoms with Crippen LogP contribution in [0.2, 0.25) is 0 Å². The number of fused-ring (bicyclic) bond motifs is 2. The molecule has 40 nitrogen and oxygen atoms in total. The molecular formula is C88H117BrN22O18. The number of amides is 1. The summed E-state index contributed by atoms with van der Waals surface area (Å²) >= 11 is 3.15. The van der Waals surface area contributed by atoms with Gasteiger partial charge in [-0.25, -0.2) is 49.7 Å². The fraction of sp³-hybridized carbons (Fsp3) is 0.500. The van der Waals surface area contributed by atoms with E-state index in [4.69, 9.17) is 39.3 Å². The number of nitrogens with two attached hydrogens (primary N) is 1. The molecule has 0 spiro atoms. The molecule has 694 valence electrons. The van der Waals surface area contributed by atoms with E-state index in [1.165, 1.54) is 30.0 Å². The van der Waals surface area contributed by atoms with Crippen LogP contribution in [0.15, 0.2) is 103 Å². The number of aliphatic carboxylic acids is 1. The first-order valence-corrected chi connectivity index (χ1v) is 43.7. The SMILES string of the molecule is CC(C)(C)OC(=O)N1CC(C(=O)O)C1.CCOC(=O)C1CN(c2cc(CC)c(N)cn2)C1.CCOC(=O)C1CN(c2cc(CC)c(Nc3cc4c(cn3)ncn4C)cn2)C1.CCOC(=O)C1CN(c2cc(CC)c([N+](=O)[O-])cn2)C1.CCOC(=O)C1CNC1.CCc1cc(Br)ncc1[N+](=O)[O-].CCc1cc(N2CC(C(=O)OC)C2)ncc1N(C)c1cc2c(cn1)ncn2C. The Hall–Kier alpha value is -13.1. The average molecular weight is 1850 g/mol. The van der Waals surface area contributed by atoms with Crippen molar-refractivity contribution in [3.05, 3.63) is 151 Å². The van der Waals surface area contributed by atoms with E-state index in [1.54, 1.807) is 71.1 Å². The third kappa shape index (κ3) is 26.6. The number of imidazole rings is 2. The molecule has 9 aromatic rings. The number of likely N-dealkylation sites (tertiary alicyclic amines) is 1. The molecule has 6 aliphatic heterocycles. The summed E-state index contributed by atoms with van der Waals surface area (Å²) in [4.78, 5) is 150. The molecule has 15 heterocycles. The molecule has 41 heteroatoms. The summed E-state index contributed by atoms with van der Waals surface area (Å²) in [5.41, 5.74) is 16.7. The second-order valence-corrected chi connectivity index (χ2v) is 32.7. The van der Waals surface area contributed by atoms with Crippen LogP contribution >= 0.6 is 15.9 Å². The fourth-order valence-electron chi connectivity index (χ4n) is 13.9. The van der Waals surface area contributed by atoms with E-state index in [0.717, 1.165) is 112 Å². The molecular weight excluding hydrogens is 1730 g/mol. The molecule has 0 unspecified atom stereocenters. The van der Waals surface area contributed by atoms with E-state index in [0.29, 0.717) is 113 Å². The number of pyridine rings is 7. The van der Waals surface area contributed by atoms with Gasteiger partial charge < -0.3 is 88.4 Å². The number of nitrogen functional groups attached to an aromatic ring is 1. The molecule has 0 radical (unpaired) electrons. The first kappa shape index (κ1) is 99.7. The molecule has 0 bridgehead atoms. The summed E-state index contributed by atoms with van der Waals surface area (Å²) in [6, 6.07) is 13.6. The van der Waals surface area contributed by atoms with Gasteiger partial charge in [-0.3, -0.25) is 49.0 Å². The fourth-order valence-corrected chi connectivity index (χ4v) is 14.3. The van der Waals surface area contributed by atoms with Crippen LogP contribution in [0.25, 0.3) is 22.1 Å². The second kappa shape index (κ2) is 46.6. The maximum absolute atomic E-state index is 11.8. The zero-order valence-corrected chi connectivity index (χ0v) is 77.5. The Kier molecular flexibility index (Phi) is 36.0.